The van der Waals surface area contributed by atoms with E-state index in [0.717, 1.165) is 21.4 Å². The van der Waals surface area contributed by atoms with Crippen molar-refractivity contribution in [2.24, 2.45) is 0 Å². The highest BCUT2D eigenvalue weighted by Gasteiger charge is 2.46. The molecule has 0 saturated heterocycles. The van der Waals surface area contributed by atoms with Gasteiger partial charge in [0, 0.05) is 25.7 Å². The second kappa shape index (κ2) is 11.7. The molecule has 1 unspecified atom stereocenters. The first-order valence-electron chi connectivity index (χ1n) is 12.3. The summed E-state index contributed by atoms with van der Waals surface area (Å²) in [4.78, 5) is 28.8. The molecule has 1 atom stereocenters. The molecule has 42 heavy (non-hydrogen) atoms. The molecule has 1 amide bonds. The van der Waals surface area contributed by atoms with Crippen LogP contribution in [-0.2, 0) is 10.5 Å². The molecule has 5 aromatic rings. The number of hydrogen-bond acceptors (Lipinski definition) is 9. The fraction of sp³-hybridized carbons (Fsp3) is 0.103. The summed E-state index contributed by atoms with van der Waals surface area (Å²) >= 11 is 18.3. The SMILES string of the molecule is COc1cccc2cc(C(=O)C3=C(O)C(=O)N(c4nnc(SCc5ccc(Cl)cc5Cl)s4)C3c3ccc(Br)cc3)oc12. The van der Waals surface area contributed by atoms with E-state index in [4.69, 9.17) is 32.4 Å². The Hall–Kier alpha value is -3.35. The highest BCUT2D eigenvalue weighted by Crippen LogP contribution is 2.45. The van der Waals surface area contributed by atoms with E-state index in [0.29, 0.717) is 42.4 Å². The van der Waals surface area contributed by atoms with E-state index >= 15 is 0 Å². The number of aromatic nitrogens is 2. The zero-order valence-electron chi connectivity index (χ0n) is 21.5. The molecule has 1 aliphatic rings. The fourth-order valence-electron chi connectivity index (χ4n) is 4.57. The van der Waals surface area contributed by atoms with Gasteiger partial charge in [0.15, 0.2) is 27.2 Å². The van der Waals surface area contributed by atoms with Crippen molar-refractivity contribution in [3.63, 3.8) is 0 Å². The van der Waals surface area contributed by atoms with Gasteiger partial charge in [-0.05, 0) is 47.5 Å². The zero-order valence-corrected chi connectivity index (χ0v) is 26.2. The van der Waals surface area contributed by atoms with Crippen LogP contribution in [0.4, 0.5) is 5.13 Å². The Morgan fingerprint density at radius 3 is 2.67 bits per heavy atom. The molecule has 13 heteroatoms. The van der Waals surface area contributed by atoms with Crippen LogP contribution in [0.25, 0.3) is 11.0 Å². The minimum atomic E-state index is -0.982. The molecule has 0 aliphatic carbocycles. The molecule has 6 rings (SSSR count). The number of rotatable bonds is 8. The van der Waals surface area contributed by atoms with Gasteiger partial charge in [-0.25, -0.2) is 0 Å². The maximum absolute atomic E-state index is 13.9. The zero-order chi connectivity index (χ0) is 29.5. The number of aliphatic hydroxyl groups excluding tert-OH is 1. The molecule has 0 fully saturated rings. The van der Waals surface area contributed by atoms with Crippen LogP contribution in [0.5, 0.6) is 5.75 Å². The average molecular weight is 703 g/mol. The van der Waals surface area contributed by atoms with Crippen molar-refractivity contribution in [3.05, 3.63) is 109 Å². The molecule has 212 valence electrons. The molecule has 2 aromatic heterocycles. The van der Waals surface area contributed by atoms with Gasteiger partial charge in [-0.2, -0.15) is 0 Å². The number of carbonyl (C=O) groups excluding carboxylic acids is 2. The first-order valence-corrected chi connectivity index (χ1v) is 15.6. The van der Waals surface area contributed by atoms with Gasteiger partial charge in [0.25, 0.3) is 5.91 Å². The molecule has 8 nitrogen and oxygen atoms in total. The number of nitrogens with zero attached hydrogens (tertiary/aromatic N) is 3. The van der Waals surface area contributed by atoms with Crippen molar-refractivity contribution in [3.8, 4) is 5.75 Å². The first kappa shape index (κ1) is 28.8. The third-order valence-electron chi connectivity index (χ3n) is 6.56. The van der Waals surface area contributed by atoms with Crippen LogP contribution in [0.15, 0.2) is 91.3 Å². The molecule has 0 bridgehead atoms. The van der Waals surface area contributed by atoms with Gasteiger partial charge in [-0.3, -0.25) is 14.5 Å². The number of methoxy groups -OCH3 is 1. The molecular formula is C29H18BrCl2N3O5S2. The first-order chi connectivity index (χ1) is 20.2. The molecule has 3 aromatic carbocycles. The minimum Gasteiger partial charge on any atom is -0.503 e. The summed E-state index contributed by atoms with van der Waals surface area (Å²) in [6.07, 6.45) is 0. The van der Waals surface area contributed by atoms with Gasteiger partial charge in [0.2, 0.25) is 10.9 Å². The number of fused-ring (bicyclic) bond motifs is 1. The van der Waals surface area contributed by atoms with E-state index in [9.17, 15) is 14.7 Å². The number of benzene rings is 3. The highest BCUT2D eigenvalue weighted by atomic mass is 79.9. The van der Waals surface area contributed by atoms with Crippen LogP contribution in [0.3, 0.4) is 0 Å². The van der Waals surface area contributed by atoms with Crippen LogP contribution in [-0.4, -0.2) is 34.1 Å². The Morgan fingerprint density at radius 2 is 1.93 bits per heavy atom. The third kappa shape index (κ3) is 5.31. The Bertz CT molecular complexity index is 1890. The summed E-state index contributed by atoms with van der Waals surface area (Å²) < 4.78 is 12.6. The smallest absolute Gasteiger partial charge is 0.296 e. The van der Waals surface area contributed by atoms with Crippen molar-refractivity contribution in [1.82, 2.24) is 10.2 Å². The number of ether oxygens (including phenoxy) is 1. The van der Waals surface area contributed by atoms with E-state index < -0.39 is 23.5 Å². The molecule has 0 saturated carbocycles. The molecule has 0 spiro atoms. The van der Waals surface area contributed by atoms with Gasteiger partial charge < -0.3 is 14.3 Å². The van der Waals surface area contributed by atoms with Crippen LogP contribution in [0.1, 0.15) is 27.7 Å². The Morgan fingerprint density at radius 1 is 1.14 bits per heavy atom. The average Bonchev–Trinajstić information content (AvgIpc) is 3.69. The number of carbonyl (C=O) groups is 2. The third-order valence-corrected chi connectivity index (χ3v) is 9.78. The molecule has 0 radical (unpaired) electrons. The monoisotopic (exact) mass is 701 g/mol. The summed E-state index contributed by atoms with van der Waals surface area (Å²) in [5.74, 6) is -1.17. The lowest BCUT2D eigenvalue weighted by Crippen LogP contribution is -2.31. The van der Waals surface area contributed by atoms with Crippen LogP contribution >= 0.6 is 62.2 Å². The second-order valence-electron chi connectivity index (χ2n) is 9.08. The van der Waals surface area contributed by atoms with Gasteiger partial charge in [-0.15, -0.1) is 10.2 Å². The number of para-hydroxylation sites is 1. The summed E-state index contributed by atoms with van der Waals surface area (Å²) in [6.45, 7) is 0. The van der Waals surface area contributed by atoms with Crippen molar-refractivity contribution in [1.29, 1.82) is 0 Å². The maximum Gasteiger partial charge on any atom is 0.296 e. The normalized spacial score (nSPS) is 15.2. The van der Waals surface area contributed by atoms with Gasteiger partial charge in [0.05, 0.1) is 18.7 Å². The minimum absolute atomic E-state index is 0.0406. The fourth-order valence-corrected chi connectivity index (χ4v) is 7.26. The number of halogens is 3. The second-order valence-corrected chi connectivity index (χ2v) is 13.0. The number of Topliss-reactive ketones (excluding diaryl/α,β-unsaturated/α-hetero) is 1. The van der Waals surface area contributed by atoms with E-state index in [2.05, 4.69) is 26.1 Å². The quantitative estimate of drug-likeness (QED) is 0.0976. The summed E-state index contributed by atoms with van der Waals surface area (Å²) in [5, 5.41) is 21.5. The maximum atomic E-state index is 13.9. The lowest BCUT2D eigenvalue weighted by Gasteiger charge is -2.23. The Balaban J connectivity index is 1.36. The Kier molecular flexibility index (Phi) is 8.03. The predicted octanol–water partition coefficient (Wildman–Crippen LogP) is 8.44. The molecular weight excluding hydrogens is 685 g/mol. The molecule has 1 N–H and O–H groups in total. The van der Waals surface area contributed by atoms with Gasteiger partial charge in [-0.1, -0.05) is 92.6 Å². The highest BCUT2D eigenvalue weighted by molar-refractivity contribution is 9.10. The van der Waals surface area contributed by atoms with Crippen LogP contribution < -0.4 is 9.64 Å². The number of furan rings is 1. The van der Waals surface area contributed by atoms with E-state index in [1.807, 2.05) is 6.07 Å². The largest absolute Gasteiger partial charge is 0.503 e. The molecule has 1 aliphatic heterocycles. The van der Waals surface area contributed by atoms with E-state index in [-0.39, 0.29) is 16.5 Å². The van der Waals surface area contributed by atoms with Gasteiger partial charge in [0.1, 0.15) is 0 Å². The van der Waals surface area contributed by atoms with Crippen LogP contribution in [0, 0.1) is 0 Å². The van der Waals surface area contributed by atoms with Crippen molar-refractivity contribution < 1.29 is 23.8 Å². The number of thioether (sulfide) groups is 1. The number of ketones is 1. The van der Waals surface area contributed by atoms with Crippen molar-refractivity contribution in [2.45, 2.75) is 16.1 Å². The number of anilines is 1. The van der Waals surface area contributed by atoms with Crippen LogP contribution in [0.2, 0.25) is 10.0 Å². The van der Waals surface area contributed by atoms with E-state index in [1.165, 1.54) is 23.8 Å². The Labute approximate surface area is 266 Å². The number of amides is 1. The summed E-state index contributed by atoms with van der Waals surface area (Å²) in [7, 11) is 1.50. The topological polar surface area (TPSA) is 106 Å². The number of hydrogen-bond donors (Lipinski definition) is 1. The molecule has 3 heterocycles. The van der Waals surface area contributed by atoms with Gasteiger partial charge >= 0.3 is 0 Å². The van der Waals surface area contributed by atoms with E-state index in [1.54, 1.807) is 60.7 Å². The van der Waals surface area contributed by atoms with Crippen molar-refractivity contribution >= 4 is 90.0 Å². The predicted molar refractivity (Wildman–Crippen MR) is 167 cm³/mol. The summed E-state index contributed by atoms with van der Waals surface area (Å²) in [5.41, 5.74) is 1.71. The lowest BCUT2D eigenvalue weighted by molar-refractivity contribution is -0.117. The lowest BCUT2D eigenvalue weighted by atomic mass is 9.95. The van der Waals surface area contributed by atoms with Crippen molar-refractivity contribution in [2.75, 3.05) is 12.0 Å². The standard InChI is InChI=1S/C29H18BrCl2N3O5S2/c1-39-20-4-2-3-15-11-21(40-26(15)20)24(36)22-23(14-5-8-17(30)9-6-14)35(27(38)25(22)37)28-33-34-29(42-28)41-13-16-7-10-18(31)12-19(16)32/h2-12,23,37H,13H2,1H3. The summed E-state index contributed by atoms with van der Waals surface area (Å²) in [6, 6.07) is 18.2. The number of aliphatic hydroxyl groups is 1.